The number of hydrogen-bond acceptors (Lipinski definition) is 7. The zero-order valence-corrected chi connectivity index (χ0v) is 16.4. The van der Waals surface area contributed by atoms with Gasteiger partial charge in [-0.05, 0) is 25.0 Å². The lowest BCUT2D eigenvalue weighted by molar-refractivity contribution is -0.407. The van der Waals surface area contributed by atoms with Gasteiger partial charge in [0.2, 0.25) is 11.7 Å². The molecule has 3 aliphatic rings. The predicted molar refractivity (Wildman–Crippen MR) is 103 cm³/mol. The molecular weight excluding hydrogens is 382 g/mol. The third-order valence-corrected chi connectivity index (χ3v) is 5.82. The van der Waals surface area contributed by atoms with Crippen molar-refractivity contribution < 1.29 is 23.4 Å². The maximum atomic E-state index is 12.7. The molecule has 28 heavy (non-hydrogen) atoms. The summed E-state index contributed by atoms with van der Waals surface area (Å²) in [4.78, 5) is 47.4. The van der Waals surface area contributed by atoms with Gasteiger partial charge in [-0.25, -0.2) is 9.79 Å². The van der Waals surface area contributed by atoms with E-state index in [9.17, 15) is 14.4 Å². The van der Waals surface area contributed by atoms with Gasteiger partial charge in [-0.1, -0.05) is 16.8 Å². The quantitative estimate of drug-likeness (QED) is 0.742. The fraction of sp³-hybridized carbons (Fsp3) is 0.444. The van der Waals surface area contributed by atoms with Gasteiger partial charge in [0, 0.05) is 5.92 Å². The van der Waals surface area contributed by atoms with E-state index in [1.54, 1.807) is 25.4 Å². The van der Waals surface area contributed by atoms with Crippen LogP contribution in [0.3, 0.4) is 0 Å². The maximum absolute atomic E-state index is 12.7. The van der Waals surface area contributed by atoms with Crippen molar-refractivity contribution in [2.75, 3.05) is 19.8 Å². The molecule has 4 amide bonds. The summed E-state index contributed by atoms with van der Waals surface area (Å²) in [6, 6.07) is 3.12. The van der Waals surface area contributed by atoms with Gasteiger partial charge < -0.3 is 9.73 Å². The third-order valence-electron chi connectivity index (χ3n) is 4.79. The largest absolute Gasteiger partial charge is 0.467 e. The zero-order chi connectivity index (χ0) is 19.8. The van der Waals surface area contributed by atoms with Gasteiger partial charge >= 0.3 is 11.9 Å². The number of urea groups is 1. The SMILES string of the molecule is CN1C(=O)C2C(SCC(=O)NCc3ccco3)=NC(C3CC3)=NC2=[N+](C)C1=O. The van der Waals surface area contributed by atoms with Crippen molar-refractivity contribution in [1.29, 1.82) is 0 Å². The van der Waals surface area contributed by atoms with Gasteiger partial charge in [-0.15, -0.1) is 0 Å². The van der Waals surface area contributed by atoms with Crippen LogP contribution in [-0.2, 0) is 16.1 Å². The Labute approximate surface area is 165 Å². The first-order chi connectivity index (χ1) is 13.5. The number of hydrogen-bond donors (Lipinski definition) is 1. The molecular formula is C18H20N5O4S+. The van der Waals surface area contributed by atoms with Gasteiger partial charge in [0.15, 0.2) is 5.92 Å². The molecule has 0 spiro atoms. The summed E-state index contributed by atoms with van der Waals surface area (Å²) in [7, 11) is 3.04. The Morgan fingerprint density at radius 3 is 2.86 bits per heavy atom. The third kappa shape index (κ3) is 3.51. The minimum atomic E-state index is -0.752. The summed E-state index contributed by atoms with van der Waals surface area (Å²) in [5.41, 5.74) is 0. The highest BCUT2D eigenvalue weighted by Crippen LogP contribution is 2.35. The maximum Gasteiger partial charge on any atom is 0.445 e. The Bertz CT molecular complexity index is 930. The first kappa shape index (κ1) is 18.6. The van der Waals surface area contributed by atoms with E-state index in [2.05, 4.69) is 15.3 Å². The number of nitrogens with zero attached hydrogens (tertiary/aromatic N) is 4. The van der Waals surface area contributed by atoms with Crippen LogP contribution in [0.4, 0.5) is 4.79 Å². The minimum absolute atomic E-state index is 0.107. The molecule has 4 rings (SSSR count). The lowest BCUT2D eigenvalue weighted by Gasteiger charge is -2.26. The molecule has 0 radical (unpaired) electrons. The van der Waals surface area contributed by atoms with Crippen LogP contribution in [0.1, 0.15) is 18.6 Å². The standard InChI is InChI=1S/C18H19N5O4S/c1-22-15-13(17(25)23(2)18(22)26)16(21-14(20-15)10-5-6-10)28-9-12(24)19-8-11-4-3-7-27-11/h3-4,7,10,13H,5-6,8-9H2,1-2H3/p+1. The van der Waals surface area contributed by atoms with E-state index >= 15 is 0 Å². The number of thioether (sulfide) groups is 1. The highest BCUT2D eigenvalue weighted by atomic mass is 32.2. The van der Waals surface area contributed by atoms with Crippen molar-refractivity contribution >= 4 is 46.3 Å². The zero-order valence-electron chi connectivity index (χ0n) is 15.5. The molecule has 0 saturated heterocycles. The Morgan fingerprint density at radius 1 is 1.39 bits per heavy atom. The van der Waals surface area contributed by atoms with Crippen LogP contribution in [0, 0.1) is 11.8 Å². The number of carbonyl (C=O) groups excluding carboxylic acids is 3. The number of fused-ring (bicyclic) bond motifs is 1. The molecule has 1 aromatic rings. The van der Waals surface area contributed by atoms with Crippen LogP contribution in [0.5, 0.6) is 0 Å². The summed E-state index contributed by atoms with van der Waals surface area (Å²) in [6.45, 7) is 0.299. The van der Waals surface area contributed by atoms with E-state index in [4.69, 9.17) is 4.42 Å². The number of imide groups is 1. The average molecular weight is 402 g/mol. The Morgan fingerprint density at radius 2 is 2.18 bits per heavy atom. The fourth-order valence-corrected chi connectivity index (χ4v) is 3.93. The second-order valence-electron chi connectivity index (χ2n) is 6.87. The highest BCUT2D eigenvalue weighted by molar-refractivity contribution is 8.14. The van der Waals surface area contributed by atoms with Crippen molar-refractivity contribution in [3.8, 4) is 0 Å². The Hall–Kier alpha value is -2.75. The molecule has 2 aliphatic heterocycles. The minimum Gasteiger partial charge on any atom is -0.467 e. The number of furan rings is 1. The molecule has 1 unspecified atom stereocenters. The number of amides is 4. The smallest absolute Gasteiger partial charge is 0.445 e. The molecule has 0 bridgehead atoms. The molecule has 146 valence electrons. The number of rotatable bonds is 5. The molecule has 1 aromatic heterocycles. The van der Waals surface area contributed by atoms with Crippen molar-refractivity contribution in [3.05, 3.63) is 24.2 Å². The Balaban J connectivity index is 1.51. The molecule has 9 nitrogen and oxygen atoms in total. The second-order valence-corrected chi connectivity index (χ2v) is 7.86. The van der Waals surface area contributed by atoms with Gasteiger partial charge in [0.05, 0.1) is 32.7 Å². The van der Waals surface area contributed by atoms with Crippen LogP contribution < -0.4 is 5.32 Å². The lowest BCUT2D eigenvalue weighted by atomic mass is 10.0. The number of nitrogens with one attached hydrogen (secondary N) is 1. The Kier molecular flexibility index (Phi) is 4.88. The van der Waals surface area contributed by atoms with E-state index in [-0.39, 0.29) is 23.5 Å². The van der Waals surface area contributed by atoms with E-state index < -0.39 is 11.9 Å². The summed E-state index contributed by atoms with van der Waals surface area (Å²) in [6.07, 6.45) is 3.53. The highest BCUT2D eigenvalue weighted by Gasteiger charge is 2.50. The van der Waals surface area contributed by atoms with Crippen molar-refractivity contribution in [1.82, 2.24) is 10.2 Å². The van der Waals surface area contributed by atoms with Crippen molar-refractivity contribution in [2.45, 2.75) is 19.4 Å². The average Bonchev–Trinajstić information content (AvgIpc) is 3.42. The first-order valence-corrected chi connectivity index (χ1v) is 9.95. The molecule has 1 fully saturated rings. The molecule has 10 heteroatoms. The van der Waals surface area contributed by atoms with Gasteiger partial charge in [-0.3, -0.25) is 9.59 Å². The second kappa shape index (κ2) is 7.34. The molecule has 0 aromatic carbocycles. The van der Waals surface area contributed by atoms with Crippen LogP contribution in [0.15, 0.2) is 32.8 Å². The van der Waals surface area contributed by atoms with Crippen LogP contribution in [-0.4, -0.2) is 63.9 Å². The van der Waals surface area contributed by atoms with Gasteiger partial charge in [0.1, 0.15) is 10.8 Å². The van der Waals surface area contributed by atoms with Crippen LogP contribution in [0.2, 0.25) is 0 Å². The summed E-state index contributed by atoms with van der Waals surface area (Å²) >= 11 is 1.21. The van der Waals surface area contributed by atoms with Crippen molar-refractivity contribution in [2.24, 2.45) is 21.8 Å². The molecule has 3 heterocycles. The number of carbonyl (C=O) groups is 3. The molecule has 1 aliphatic carbocycles. The monoisotopic (exact) mass is 402 g/mol. The summed E-state index contributed by atoms with van der Waals surface area (Å²) in [5, 5.41) is 3.28. The van der Waals surface area contributed by atoms with E-state index in [1.807, 2.05) is 0 Å². The topological polar surface area (TPSA) is 107 Å². The van der Waals surface area contributed by atoms with Gasteiger partial charge in [0.25, 0.3) is 5.84 Å². The predicted octanol–water partition coefficient (Wildman–Crippen LogP) is 1.10. The first-order valence-electron chi connectivity index (χ1n) is 8.97. The van der Waals surface area contributed by atoms with Crippen LogP contribution >= 0.6 is 11.8 Å². The molecule has 1 N–H and O–H groups in total. The normalized spacial score (nSPS) is 22.1. The molecule has 1 atom stereocenters. The van der Waals surface area contributed by atoms with E-state index in [0.29, 0.717) is 29.0 Å². The number of amidine groups is 2. The molecule has 1 saturated carbocycles. The number of aliphatic imine (C=N–C) groups is 2. The fourth-order valence-electron chi connectivity index (χ4n) is 3.02. The summed E-state index contributed by atoms with van der Waals surface area (Å²) < 4.78 is 6.58. The van der Waals surface area contributed by atoms with Crippen molar-refractivity contribution in [3.63, 3.8) is 0 Å². The van der Waals surface area contributed by atoms with Gasteiger partial charge in [-0.2, -0.15) is 9.48 Å². The van der Waals surface area contributed by atoms with Crippen LogP contribution in [0.25, 0.3) is 0 Å². The van der Waals surface area contributed by atoms with E-state index in [1.165, 1.54) is 23.4 Å². The lowest BCUT2D eigenvalue weighted by Crippen LogP contribution is -2.54. The van der Waals surface area contributed by atoms with E-state index in [0.717, 1.165) is 17.7 Å². The summed E-state index contributed by atoms with van der Waals surface area (Å²) in [5.74, 6) is 0.742.